The molecular weight excluding hydrogens is 291 g/mol. The molecule has 0 fully saturated rings. The molecule has 21 heavy (non-hydrogen) atoms. The zero-order valence-electron chi connectivity index (χ0n) is 12.1. The lowest BCUT2D eigenvalue weighted by molar-refractivity contribution is 0.211. The number of hydrogen-bond acceptors (Lipinski definition) is 6. The number of furan rings is 1. The van der Waals surface area contributed by atoms with Crippen LogP contribution >= 0.6 is 7.60 Å². The molecule has 0 spiro atoms. The molecule has 6 nitrogen and oxygen atoms in total. The van der Waals surface area contributed by atoms with Gasteiger partial charge in [0.1, 0.15) is 11.6 Å². The largest absolute Gasteiger partial charge is 0.466 e. The van der Waals surface area contributed by atoms with Crippen LogP contribution in [0, 0.1) is 0 Å². The maximum Gasteiger partial charge on any atom is 0.360 e. The van der Waals surface area contributed by atoms with E-state index in [1.54, 1.807) is 44.3 Å². The highest BCUT2D eigenvalue weighted by atomic mass is 31.2. The van der Waals surface area contributed by atoms with E-state index in [4.69, 9.17) is 13.5 Å². The minimum absolute atomic E-state index is 0.276. The molecule has 0 unspecified atom stereocenters. The first-order chi connectivity index (χ1) is 10.2. The standard InChI is InChI=1S/C14H19N2O4P/c1-3-19-21(17,20-4-2)14(12-8-7-11-18-12)16-13-9-5-6-10-15-13/h5-11,14H,3-4H2,1-2H3,(H,15,16)/t14-/m1/s1. The third-order valence-electron chi connectivity index (χ3n) is 2.70. The molecule has 0 amide bonds. The van der Waals surface area contributed by atoms with Crippen molar-refractivity contribution < 1.29 is 18.0 Å². The van der Waals surface area contributed by atoms with Gasteiger partial charge in [0.2, 0.25) is 0 Å². The van der Waals surface area contributed by atoms with Crippen molar-refractivity contribution in [3.63, 3.8) is 0 Å². The van der Waals surface area contributed by atoms with Crippen LogP contribution in [-0.2, 0) is 13.6 Å². The molecule has 2 aromatic heterocycles. The highest BCUT2D eigenvalue weighted by Gasteiger charge is 2.39. The van der Waals surface area contributed by atoms with E-state index in [1.165, 1.54) is 6.26 Å². The number of anilines is 1. The Morgan fingerprint density at radius 2 is 2.00 bits per heavy atom. The molecular formula is C14H19N2O4P. The highest BCUT2D eigenvalue weighted by Crippen LogP contribution is 2.60. The maximum absolute atomic E-state index is 13.0. The number of nitrogens with zero attached hydrogens (tertiary/aromatic N) is 1. The van der Waals surface area contributed by atoms with Gasteiger partial charge in [0.15, 0.2) is 5.78 Å². The first-order valence-electron chi connectivity index (χ1n) is 6.79. The van der Waals surface area contributed by atoms with Crippen LogP contribution in [0.15, 0.2) is 47.2 Å². The smallest absolute Gasteiger partial charge is 0.360 e. The summed E-state index contributed by atoms with van der Waals surface area (Å²) in [6.07, 6.45) is 3.17. The number of aromatic nitrogens is 1. The highest BCUT2D eigenvalue weighted by molar-refractivity contribution is 7.54. The van der Waals surface area contributed by atoms with Crippen LogP contribution in [0.25, 0.3) is 0 Å². The summed E-state index contributed by atoms with van der Waals surface area (Å²) in [6.45, 7) is 4.09. The Balaban J connectivity index is 2.33. The molecule has 114 valence electrons. The Morgan fingerprint density at radius 3 is 2.52 bits per heavy atom. The van der Waals surface area contributed by atoms with Gasteiger partial charge in [0, 0.05) is 6.20 Å². The van der Waals surface area contributed by atoms with Crippen molar-refractivity contribution in [3.05, 3.63) is 48.6 Å². The molecule has 2 rings (SSSR count). The molecule has 0 aliphatic carbocycles. The third-order valence-corrected chi connectivity index (χ3v) is 4.95. The normalized spacial score (nSPS) is 13.0. The van der Waals surface area contributed by atoms with Gasteiger partial charge < -0.3 is 18.8 Å². The van der Waals surface area contributed by atoms with E-state index in [0.29, 0.717) is 11.6 Å². The lowest BCUT2D eigenvalue weighted by Gasteiger charge is -2.25. The molecule has 0 aliphatic rings. The first-order valence-corrected chi connectivity index (χ1v) is 8.40. The zero-order chi connectivity index (χ0) is 15.1. The summed E-state index contributed by atoms with van der Waals surface area (Å²) in [6, 6.07) is 8.87. The Labute approximate surface area is 124 Å². The van der Waals surface area contributed by atoms with E-state index >= 15 is 0 Å². The molecule has 2 heterocycles. The van der Waals surface area contributed by atoms with Crippen LogP contribution in [0.1, 0.15) is 25.4 Å². The SMILES string of the molecule is CCOP(=O)(OCC)[C@@H](Nc1ccccn1)c1ccco1. The van der Waals surface area contributed by atoms with Gasteiger partial charge >= 0.3 is 7.60 Å². The second kappa shape index (κ2) is 7.41. The van der Waals surface area contributed by atoms with E-state index in [-0.39, 0.29) is 13.2 Å². The van der Waals surface area contributed by atoms with Crippen molar-refractivity contribution in [3.8, 4) is 0 Å². The van der Waals surface area contributed by atoms with Crippen LogP contribution in [0.4, 0.5) is 5.82 Å². The summed E-state index contributed by atoms with van der Waals surface area (Å²) >= 11 is 0. The van der Waals surface area contributed by atoms with Crippen molar-refractivity contribution >= 4 is 13.4 Å². The van der Waals surface area contributed by atoms with Crippen molar-refractivity contribution in [1.29, 1.82) is 0 Å². The van der Waals surface area contributed by atoms with Gasteiger partial charge in [-0.2, -0.15) is 0 Å². The van der Waals surface area contributed by atoms with Crippen molar-refractivity contribution in [2.24, 2.45) is 0 Å². The fourth-order valence-corrected chi connectivity index (χ4v) is 3.73. The molecule has 0 bridgehead atoms. The summed E-state index contributed by atoms with van der Waals surface area (Å²) in [4.78, 5) is 4.18. The average molecular weight is 310 g/mol. The monoisotopic (exact) mass is 310 g/mol. The molecule has 0 saturated heterocycles. The van der Waals surface area contributed by atoms with Crippen molar-refractivity contribution in [1.82, 2.24) is 4.98 Å². The van der Waals surface area contributed by atoms with Crippen LogP contribution in [0.2, 0.25) is 0 Å². The van der Waals surface area contributed by atoms with Crippen molar-refractivity contribution in [2.45, 2.75) is 19.6 Å². The molecule has 2 aromatic rings. The minimum Gasteiger partial charge on any atom is -0.466 e. The number of hydrogen-bond donors (Lipinski definition) is 1. The van der Waals surface area contributed by atoms with Gasteiger partial charge in [-0.1, -0.05) is 6.07 Å². The van der Waals surface area contributed by atoms with E-state index < -0.39 is 13.4 Å². The predicted octanol–water partition coefficient (Wildman–Crippen LogP) is 4.05. The van der Waals surface area contributed by atoms with E-state index in [0.717, 1.165) is 0 Å². The van der Waals surface area contributed by atoms with Gasteiger partial charge in [-0.25, -0.2) is 4.98 Å². The number of pyridine rings is 1. The fraction of sp³-hybridized carbons (Fsp3) is 0.357. The number of nitrogens with one attached hydrogen (secondary N) is 1. The number of rotatable bonds is 8. The van der Waals surface area contributed by atoms with Crippen LogP contribution < -0.4 is 5.32 Å². The fourth-order valence-electron chi connectivity index (χ4n) is 1.89. The quantitative estimate of drug-likeness (QED) is 0.741. The van der Waals surface area contributed by atoms with Crippen LogP contribution in [0.5, 0.6) is 0 Å². The second-order valence-electron chi connectivity index (χ2n) is 4.15. The van der Waals surface area contributed by atoms with Gasteiger partial charge in [0.05, 0.1) is 19.5 Å². The summed E-state index contributed by atoms with van der Waals surface area (Å²) in [7, 11) is -3.43. The maximum atomic E-state index is 13.0. The van der Waals surface area contributed by atoms with E-state index in [2.05, 4.69) is 10.3 Å². The Hall–Kier alpha value is -1.62. The van der Waals surface area contributed by atoms with Crippen LogP contribution in [-0.4, -0.2) is 18.2 Å². The van der Waals surface area contributed by atoms with Gasteiger partial charge in [-0.05, 0) is 38.1 Å². The topological polar surface area (TPSA) is 73.6 Å². The molecule has 0 aromatic carbocycles. The zero-order valence-corrected chi connectivity index (χ0v) is 13.0. The molecule has 0 saturated carbocycles. The Morgan fingerprint density at radius 1 is 1.24 bits per heavy atom. The van der Waals surface area contributed by atoms with Gasteiger partial charge in [0.25, 0.3) is 0 Å². The Kier molecular flexibility index (Phi) is 5.56. The molecule has 1 N–H and O–H groups in total. The first kappa shape index (κ1) is 15.8. The average Bonchev–Trinajstić information content (AvgIpc) is 3.00. The van der Waals surface area contributed by atoms with E-state index in [1.807, 2.05) is 6.07 Å². The Bertz CT molecular complexity index is 564. The third kappa shape index (κ3) is 3.94. The second-order valence-corrected chi connectivity index (χ2v) is 6.27. The van der Waals surface area contributed by atoms with E-state index in [9.17, 15) is 4.57 Å². The summed E-state index contributed by atoms with van der Waals surface area (Å²) in [5.74, 6) is 0.298. The van der Waals surface area contributed by atoms with Gasteiger partial charge in [-0.3, -0.25) is 4.57 Å². The van der Waals surface area contributed by atoms with Crippen LogP contribution in [0.3, 0.4) is 0 Å². The predicted molar refractivity (Wildman–Crippen MR) is 80.2 cm³/mol. The van der Waals surface area contributed by atoms with Gasteiger partial charge in [-0.15, -0.1) is 0 Å². The lowest BCUT2D eigenvalue weighted by Crippen LogP contribution is -2.15. The van der Waals surface area contributed by atoms with Crippen molar-refractivity contribution in [2.75, 3.05) is 18.5 Å². The molecule has 0 aliphatic heterocycles. The summed E-state index contributed by atoms with van der Waals surface area (Å²) < 4.78 is 29.2. The molecule has 0 radical (unpaired) electrons. The summed E-state index contributed by atoms with van der Waals surface area (Å²) in [5, 5.41) is 3.07. The summed E-state index contributed by atoms with van der Waals surface area (Å²) in [5.41, 5.74) is 0. The molecule has 1 atom stereocenters. The molecule has 7 heteroatoms. The lowest BCUT2D eigenvalue weighted by atomic mass is 10.4. The minimum atomic E-state index is -3.43.